The van der Waals surface area contributed by atoms with Crippen molar-refractivity contribution in [2.75, 3.05) is 26.9 Å². The van der Waals surface area contributed by atoms with Crippen LogP contribution in [-0.4, -0.2) is 26.9 Å². The van der Waals surface area contributed by atoms with E-state index in [-0.39, 0.29) is 0 Å². The Morgan fingerprint density at radius 1 is 0.870 bits per heavy atom. The lowest BCUT2D eigenvalue weighted by molar-refractivity contribution is 0.109. The van der Waals surface area contributed by atoms with E-state index in [1.807, 2.05) is 25.1 Å². The first-order valence-electron chi connectivity index (χ1n) is 7.95. The smallest absolute Gasteiger partial charge is 0.161 e. The first kappa shape index (κ1) is 17.3. The normalized spacial score (nSPS) is 10.5. The van der Waals surface area contributed by atoms with Crippen molar-refractivity contribution in [3.05, 3.63) is 59.7 Å². The zero-order chi connectivity index (χ0) is 16.3. The van der Waals surface area contributed by atoms with Gasteiger partial charge in [-0.3, -0.25) is 0 Å². The van der Waals surface area contributed by atoms with Gasteiger partial charge in [-0.1, -0.05) is 36.4 Å². The quantitative estimate of drug-likeness (QED) is 0.682. The summed E-state index contributed by atoms with van der Waals surface area (Å²) in [6.45, 7) is 5.40. The van der Waals surface area contributed by atoms with Crippen LogP contribution in [0.4, 0.5) is 0 Å². The molecule has 2 rings (SSSR count). The molecule has 0 unspecified atom stereocenters. The maximum atomic E-state index is 5.69. The predicted molar refractivity (Wildman–Crippen MR) is 92.0 cm³/mol. The van der Waals surface area contributed by atoms with Gasteiger partial charge in [0.1, 0.15) is 6.61 Å². The molecule has 0 spiro atoms. The number of hydrogen-bond donors (Lipinski definition) is 1. The number of rotatable bonds is 10. The number of benzene rings is 2. The molecular formula is C19H25NO3. The largest absolute Gasteiger partial charge is 0.493 e. The van der Waals surface area contributed by atoms with Crippen LogP contribution < -0.4 is 14.8 Å². The lowest BCUT2D eigenvalue weighted by Crippen LogP contribution is -2.13. The Labute approximate surface area is 138 Å². The molecule has 0 aliphatic carbocycles. The molecule has 4 nitrogen and oxygen atoms in total. The molecule has 0 aliphatic rings. The van der Waals surface area contributed by atoms with E-state index in [9.17, 15) is 0 Å². The van der Waals surface area contributed by atoms with E-state index in [0.29, 0.717) is 19.8 Å². The minimum Gasteiger partial charge on any atom is -0.493 e. The highest BCUT2D eigenvalue weighted by molar-refractivity contribution is 5.43. The molecule has 0 atom stereocenters. The Kier molecular flexibility index (Phi) is 7.43. The summed E-state index contributed by atoms with van der Waals surface area (Å²) in [4.78, 5) is 0. The third-order valence-electron chi connectivity index (χ3n) is 3.42. The standard InChI is InChI=1S/C19H25NO3/c1-3-22-11-12-23-18-10-9-17(13-19(18)21-2)15-20-14-16-7-5-4-6-8-16/h4-10,13,20H,3,11-12,14-15H2,1-2H3. The SMILES string of the molecule is CCOCCOc1ccc(CNCc2ccccc2)cc1OC. The minimum absolute atomic E-state index is 0.524. The molecule has 0 heterocycles. The summed E-state index contributed by atoms with van der Waals surface area (Å²) in [5.41, 5.74) is 2.44. The molecule has 2 aromatic carbocycles. The maximum absolute atomic E-state index is 5.69. The van der Waals surface area contributed by atoms with E-state index >= 15 is 0 Å². The first-order chi connectivity index (χ1) is 11.3. The molecule has 0 fully saturated rings. The monoisotopic (exact) mass is 315 g/mol. The molecule has 0 saturated heterocycles. The van der Waals surface area contributed by atoms with Crippen LogP contribution in [0.15, 0.2) is 48.5 Å². The van der Waals surface area contributed by atoms with Gasteiger partial charge >= 0.3 is 0 Å². The fourth-order valence-corrected chi connectivity index (χ4v) is 2.24. The van der Waals surface area contributed by atoms with E-state index < -0.39 is 0 Å². The van der Waals surface area contributed by atoms with Crippen molar-refractivity contribution in [1.29, 1.82) is 0 Å². The van der Waals surface area contributed by atoms with Gasteiger partial charge in [-0.25, -0.2) is 0 Å². The fourth-order valence-electron chi connectivity index (χ4n) is 2.24. The predicted octanol–water partition coefficient (Wildman–Crippen LogP) is 3.40. The molecule has 0 aliphatic heterocycles. The summed E-state index contributed by atoms with van der Waals surface area (Å²) in [5.74, 6) is 1.50. The molecule has 124 valence electrons. The summed E-state index contributed by atoms with van der Waals surface area (Å²) in [6.07, 6.45) is 0. The van der Waals surface area contributed by atoms with Gasteiger partial charge in [0.15, 0.2) is 11.5 Å². The van der Waals surface area contributed by atoms with Gasteiger partial charge in [-0.2, -0.15) is 0 Å². The summed E-state index contributed by atoms with van der Waals surface area (Å²) in [5, 5.41) is 3.43. The summed E-state index contributed by atoms with van der Waals surface area (Å²) < 4.78 is 16.4. The van der Waals surface area contributed by atoms with Crippen molar-refractivity contribution in [1.82, 2.24) is 5.32 Å². The fraction of sp³-hybridized carbons (Fsp3) is 0.368. The van der Waals surface area contributed by atoms with E-state index in [1.165, 1.54) is 5.56 Å². The van der Waals surface area contributed by atoms with Crippen LogP contribution in [0.1, 0.15) is 18.1 Å². The average molecular weight is 315 g/mol. The van der Waals surface area contributed by atoms with Crippen molar-refractivity contribution in [2.24, 2.45) is 0 Å². The van der Waals surface area contributed by atoms with E-state index in [0.717, 1.165) is 30.2 Å². The Bertz CT molecular complexity index is 572. The van der Waals surface area contributed by atoms with Gasteiger partial charge in [-0.15, -0.1) is 0 Å². The number of methoxy groups -OCH3 is 1. The van der Waals surface area contributed by atoms with Crippen LogP contribution in [0, 0.1) is 0 Å². The van der Waals surface area contributed by atoms with Crippen LogP contribution in [-0.2, 0) is 17.8 Å². The van der Waals surface area contributed by atoms with Gasteiger partial charge < -0.3 is 19.5 Å². The second-order valence-electron chi connectivity index (χ2n) is 5.12. The molecule has 0 aromatic heterocycles. The molecule has 0 radical (unpaired) electrons. The molecule has 4 heteroatoms. The number of ether oxygens (including phenoxy) is 3. The minimum atomic E-state index is 0.524. The van der Waals surface area contributed by atoms with Gasteiger partial charge in [0, 0.05) is 19.7 Å². The highest BCUT2D eigenvalue weighted by Gasteiger charge is 2.06. The average Bonchev–Trinajstić information content (AvgIpc) is 2.60. The Morgan fingerprint density at radius 2 is 1.65 bits per heavy atom. The highest BCUT2D eigenvalue weighted by Crippen LogP contribution is 2.28. The third kappa shape index (κ3) is 5.93. The molecular weight excluding hydrogens is 290 g/mol. The van der Waals surface area contributed by atoms with E-state index in [2.05, 4.69) is 35.6 Å². The van der Waals surface area contributed by atoms with Crippen LogP contribution in [0.25, 0.3) is 0 Å². The molecule has 0 saturated carbocycles. The van der Waals surface area contributed by atoms with E-state index in [4.69, 9.17) is 14.2 Å². The molecule has 2 aromatic rings. The third-order valence-corrected chi connectivity index (χ3v) is 3.42. The summed E-state index contributed by atoms with van der Waals surface area (Å²) in [7, 11) is 1.66. The van der Waals surface area contributed by atoms with Crippen molar-refractivity contribution in [3.8, 4) is 11.5 Å². The number of nitrogens with one attached hydrogen (secondary N) is 1. The van der Waals surface area contributed by atoms with Crippen LogP contribution >= 0.6 is 0 Å². The maximum Gasteiger partial charge on any atom is 0.161 e. The van der Waals surface area contributed by atoms with Crippen LogP contribution in [0.5, 0.6) is 11.5 Å². The van der Waals surface area contributed by atoms with E-state index in [1.54, 1.807) is 7.11 Å². The van der Waals surface area contributed by atoms with Gasteiger partial charge in [0.2, 0.25) is 0 Å². The zero-order valence-corrected chi connectivity index (χ0v) is 13.9. The summed E-state index contributed by atoms with van der Waals surface area (Å²) >= 11 is 0. The lowest BCUT2D eigenvalue weighted by atomic mass is 10.2. The van der Waals surface area contributed by atoms with Gasteiger partial charge in [-0.05, 0) is 30.2 Å². The van der Waals surface area contributed by atoms with Gasteiger partial charge in [0.25, 0.3) is 0 Å². The van der Waals surface area contributed by atoms with Crippen LogP contribution in [0.2, 0.25) is 0 Å². The molecule has 23 heavy (non-hydrogen) atoms. The first-order valence-corrected chi connectivity index (χ1v) is 7.95. The van der Waals surface area contributed by atoms with Gasteiger partial charge in [0.05, 0.1) is 13.7 Å². The molecule has 0 amide bonds. The van der Waals surface area contributed by atoms with Crippen molar-refractivity contribution in [2.45, 2.75) is 20.0 Å². The topological polar surface area (TPSA) is 39.7 Å². The Balaban J connectivity index is 1.85. The zero-order valence-electron chi connectivity index (χ0n) is 13.9. The highest BCUT2D eigenvalue weighted by atomic mass is 16.5. The second kappa shape index (κ2) is 9.87. The van der Waals surface area contributed by atoms with Crippen LogP contribution in [0.3, 0.4) is 0 Å². The van der Waals surface area contributed by atoms with Crippen molar-refractivity contribution >= 4 is 0 Å². The van der Waals surface area contributed by atoms with Crippen molar-refractivity contribution in [3.63, 3.8) is 0 Å². The molecule has 1 N–H and O–H groups in total. The Morgan fingerprint density at radius 3 is 2.39 bits per heavy atom. The van der Waals surface area contributed by atoms with Crippen molar-refractivity contribution < 1.29 is 14.2 Å². The number of hydrogen-bond acceptors (Lipinski definition) is 4. The second-order valence-corrected chi connectivity index (χ2v) is 5.12. The lowest BCUT2D eigenvalue weighted by Gasteiger charge is -2.12. The molecule has 0 bridgehead atoms. The Hall–Kier alpha value is -2.04. The summed E-state index contributed by atoms with van der Waals surface area (Å²) in [6, 6.07) is 16.4.